The highest BCUT2D eigenvalue weighted by Crippen LogP contribution is 2.18. The molecule has 0 radical (unpaired) electrons. The molecule has 1 amide bonds. The zero-order valence-electron chi connectivity index (χ0n) is 12.9. The Balaban J connectivity index is 2.04. The van der Waals surface area contributed by atoms with Gasteiger partial charge in [-0.2, -0.15) is 5.26 Å². The quantitative estimate of drug-likeness (QED) is 0.937. The van der Waals surface area contributed by atoms with Gasteiger partial charge in [-0.25, -0.2) is 0 Å². The Morgan fingerprint density at radius 3 is 2.68 bits per heavy atom. The van der Waals surface area contributed by atoms with Crippen LogP contribution in [-0.4, -0.2) is 12.0 Å². The number of ether oxygens (including phenoxy) is 1. The van der Waals surface area contributed by atoms with Gasteiger partial charge >= 0.3 is 0 Å². The molecule has 0 aliphatic rings. The van der Waals surface area contributed by atoms with E-state index >= 15 is 0 Å². The highest BCUT2D eigenvalue weighted by atomic mass is 16.5. The predicted molar refractivity (Wildman–Crippen MR) is 85.8 cm³/mol. The molecule has 0 fully saturated rings. The number of amides is 1. The van der Waals surface area contributed by atoms with Gasteiger partial charge in [-0.1, -0.05) is 23.8 Å². The first-order valence-electron chi connectivity index (χ1n) is 7.04. The van der Waals surface area contributed by atoms with Gasteiger partial charge in [0.05, 0.1) is 11.6 Å². The lowest BCUT2D eigenvalue weighted by Gasteiger charge is -2.16. The molecule has 2 rings (SSSR count). The van der Waals surface area contributed by atoms with Crippen molar-refractivity contribution in [3.05, 3.63) is 59.2 Å². The lowest BCUT2D eigenvalue weighted by Crippen LogP contribution is -2.30. The Bertz CT molecular complexity index is 732. The summed E-state index contributed by atoms with van der Waals surface area (Å²) in [5.74, 6) is 0.275. The van der Waals surface area contributed by atoms with Crippen LogP contribution >= 0.6 is 0 Å². The van der Waals surface area contributed by atoms with Crippen LogP contribution in [0.3, 0.4) is 0 Å². The van der Waals surface area contributed by atoms with E-state index in [0.717, 1.165) is 16.8 Å². The fraction of sp³-hybridized carbons (Fsp3) is 0.222. The molecule has 0 bridgehead atoms. The highest BCUT2D eigenvalue weighted by Gasteiger charge is 2.15. The zero-order valence-corrected chi connectivity index (χ0v) is 12.9. The van der Waals surface area contributed by atoms with Crippen molar-refractivity contribution >= 4 is 11.6 Å². The summed E-state index contributed by atoms with van der Waals surface area (Å²) in [5.41, 5.74) is 3.43. The molecule has 0 aliphatic heterocycles. The van der Waals surface area contributed by atoms with Crippen molar-refractivity contribution in [1.29, 1.82) is 5.26 Å². The van der Waals surface area contributed by atoms with Crippen LogP contribution in [0.25, 0.3) is 0 Å². The number of hydrogen-bond acceptors (Lipinski definition) is 3. The molecule has 4 nitrogen and oxygen atoms in total. The lowest BCUT2D eigenvalue weighted by molar-refractivity contribution is -0.122. The van der Waals surface area contributed by atoms with Gasteiger partial charge in [-0.15, -0.1) is 0 Å². The van der Waals surface area contributed by atoms with Crippen LogP contribution in [0.5, 0.6) is 5.75 Å². The molecule has 1 atom stereocenters. The predicted octanol–water partition coefficient (Wildman–Crippen LogP) is 3.58. The van der Waals surface area contributed by atoms with E-state index in [1.165, 1.54) is 0 Å². The first kappa shape index (κ1) is 15.6. The molecule has 2 aromatic rings. The number of carbonyl (C=O) groups is 1. The van der Waals surface area contributed by atoms with E-state index < -0.39 is 6.10 Å². The number of anilines is 1. The average molecular weight is 294 g/mol. The van der Waals surface area contributed by atoms with Crippen molar-refractivity contribution in [3.8, 4) is 11.8 Å². The molecule has 2 aromatic carbocycles. The van der Waals surface area contributed by atoms with Gasteiger partial charge in [0.15, 0.2) is 6.10 Å². The van der Waals surface area contributed by atoms with Crippen LogP contribution in [0, 0.1) is 25.2 Å². The van der Waals surface area contributed by atoms with Gasteiger partial charge < -0.3 is 10.1 Å². The molecule has 112 valence electrons. The lowest BCUT2D eigenvalue weighted by atomic mass is 10.1. The van der Waals surface area contributed by atoms with E-state index in [-0.39, 0.29) is 5.91 Å². The zero-order chi connectivity index (χ0) is 16.1. The van der Waals surface area contributed by atoms with E-state index in [1.807, 2.05) is 38.1 Å². The number of benzene rings is 2. The third-order valence-corrected chi connectivity index (χ3v) is 3.28. The minimum Gasteiger partial charge on any atom is -0.481 e. The van der Waals surface area contributed by atoms with Crippen LogP contribution in [0.4, 0.5) is 5.69 Å². The summed E-state index contributed by atoms with van der Waals surface area (Å²) in [4.78, 5) is 12.2. The van der Waals surface area contributed by atoms with Crippen molar-refractivity contribution in [2.45, 2.75) is 26.9 Å². The molecule has 4 heteroatoms. The summed E-state index contributed by atoms with van der Waals surface area (Å²) in [5, 5.41) is 11.7. The Morgan fingerprint density at radius 2 is 2.00 bits per heavy atom. The van der Waals surface area contributed by atoms with E-state index in [1.54, 1.807) is 31.2 Å². The number of carbonyl (C=O) groups excluding carboxylic acids is 1. The van der Waals surface area contributed by atoms with Crippen LogP contribution in [-0.2, 0) is 4.79 Å². The molecule has 0 saturated heterocycles. The fourth-order valence-electron chi connectivity index (χ4n) is 2.08. The number of rotatable bonds is 4. The van der Waals surface area contributed by atoms with Crippen molar-refractivity contribution in [2.75, 3.05) is 5.32 Å². The molecule has 0 unspecified atom stereocenters. The van der Waals surface area contributed by atoms with E-state index in [2.05, 4.69) is 5.32 Å². The molecule has 0 saturated carbocycles. The van der Waals surface area contributed by atoms with Crippen molar-refractivity contribution < 1.29 is 9.53 Å². The Kier molecular flexibility index (Phi) is 4.80. The van der Waals surface area contributed by atoms with Gasteiger partial charge in [-0.05, 0) is 50.6 Å². The SMILES string of the molecule is Cc1ccc(NC(=O)[C@H](C)Oc2cccc(C#N)c2)c(C)c1. The fourth-order valence-corrected chi connectivity index (χ4v) is 2.08. The molecular formula is C18H18N2O2. The van der Waals surface area contributed by atoms with Crippen molar-refractivity contribution in [1.82, 2.24) is 0 Å². The molecule has 0 aliphatic carbocycles. The van der Waals surface area contributed by atoms with Crippen molar-refractivity contribution in [2.24, 2.45) is 0 Å². The minimum absolute atomic E-state index is 0.227. The number of nitrogens with one attached hydrogen (secondary N) is 1. The number of nitrogens with zero attached hydrogens (tertiary/aromatic N) is 1. The van der Waals surface area contributed by atoms with E-state index in [0.29, 0.717) is 11.3 Å². The van der Waals surface area contributed by atoms with Crippen LogP contribution in [0.15, 0.2) is 42.5 Å². The van der Waals surface area contributed by atoms with Gasteiger partial charge in [0.1, 0.15) is 5.75 Å². The smallest absolute Gasteiger partial charge is 0.265 e. The van der Waals surface area contributed by atoms with Crippen LogP contribution in [0.1, 0.15) is 23.6 Å². The Labute approximate surface area is 130 Å². The summed E-state index contributed by atoms with van der Waals surface area (Å²) < 4.78 is 5.59. The molecule has 0 heterocycles. The second kappa shape index (κ2) is 6.77. The van der Waals surface area contributed by atoms with E-state index in [9.17, 15) is 4.79 Å². The Hall–Kier alpha value is -2.80. The van der Waals surface area contributed by atoms with Gasteiger partial charge in [0.2, 0.25) is 0 Å². The third-order valence-electron chi connectivity index (χ3n) is 3.28. The number of aryl methyl sites for hydroxylation is 2. The molecular weight excluding hydrogens is 276 g/mol. The topological polar surface area (TPSA) is 62.1 Å². The number of hydrogen-bond donors (Lipinski definition) is 1. The summed E-state index contributed by atoms with van der Waals surface area (Å²) in [6, 6.07) is 14.6. The first-order chi connectivity index (χ1) is 10.5. The van der Waals surface area contributed by atoms with Gasteiger partial charge in [0.25, 0.3) is 5.91 Å². The maximum absolute atomic E-state index is 12.2. The molecule has 0 spiro atoms. The summed E-state index contributed by atoms with van der Waals surface area (Å²) >= 11 is 0. The second-order valence-corrected chi connectivity index (χ2v) is 5.21. The van der Waals surface area contributed by atoms with Crippen molar-refractivity contribution in [3.63, 3.8) is 0 Å². The van der Waals surface area contributed by atoms with Crippen LogP contribution < -0.4 is 10.1 Å². The minimum atomic E-state index is -0.658. The number of nitriles is 1. The second-order valence-electron chi connectivity index (χ2n) is 5.21. The van der Waals surface area contributed by atoms with Gasteiger partial charge in [-0.3, -0.25) is 4.79 Å². The maximum Gasteiger partial charge on any atom is 0.265 e. The van der Waals surface area contributed by atoms with E-state index in [4.69, 9.17) is 10.00 Å². The standard InChI is InChI=1S/C18H18N2O2/c1-12-7-8-17(13(2)9-12)20-18(21)14(3)22-16-6-4-5-15(10-16)11-19/h4-10,14H,1-3H3,(H,20,21)/t14-/m0/s1. The monoisotopic (exact) mass is 294 g/mol. The largest absolute Gasteiger partial charge is 0.481 e. The Morgan fingerprint density at radius 1 is 1.23 bits per heavy atom. The first-order valence-corrected chi connectivity index (χ1v) is 7.04. The van der Waals surface area contributed by atoms with Gasteiger partial charge in [0, 0.05) is 5.69 Å². The molecule has 1 N–H and O–H groups in total. The highest BCUT2D eigenvalue weighted by molar-refractivity contribution is 5.94. The summed E-state index contributed by atoms with van der Waals surface area (Å²) in [6.45, 7) is 5.63. The normalized spacial score (nSPS) is 11.4. The maximum atomic E-state index is 12.2. The van der Waals surface area contributed by atoms with Crippen LogP contribution in [0.2, 0.25) is 0 Å². The molecule has 22 heavy (non-hydrogen) atoms. The average Bonchev–Trinajstić information content (AvgIpc) is 2.50. The third kappa shape index (κ3) is 3.86. The summed E-state index contributed by atoms with van der Waals surface area (Å²) in [7, 11) is 0. The molecule has 0 aromatic heterocycles. The summed E-state index contributed by atoms with van der Waals surface area (Å²) in [6.07, 6.45) is -0.658.